The van der Waals surface area contributed by atoms with Crippen LogP contribution in [0.4, 0.5) is 11.4 Å². The van der Waals surface area contributed by atoms with Gasteiger partial charge in [-0.05, 0) is 32.4 Å². The maximum atomic E-state index is 6.01. The minimum absolute atomic E-state index is 0.436. The molecule has 0 atom stereocenters. The Bertz CT molecular complexity index is 323. The number of rotatable bonds is 4. The summed E-state index contributed by atoms with van der Waals surface area (Å²) < 4.78 is 0. The molecule has 0 unspecified atom stereocenters. The Labute approximate surface area is 97.0 Å². The van der Waals surface area contributed by atoms with Crippen molar-refractivity contribution < 1.29 is 0 Å². The van der Waals surface area contributed by atoms with Crippen LogP contribution in [-0.4, -0.2) is 12.6 Å². The lowest BCUT2D eigenvalue weighted by atomic mass is 10.2. The van der Waals surface area contributed by atoms with E-state index in [2.05, 4.69) is 25.7 Å². The summed E-state index contributed by atoms with van der Waals surface area (Å²) in [5.41, 5.74) is 7.70. The smallest absolute Gasteiger partial charge is 0.0741 e. The second kappa shape index (κ2) is 5.26. The summed E-state index contributed by atoms with van der Waals surface area (Å²) in [7, 11) is 0. The maximum absolute atomic E-state index is 6.01. The lowest BCUT2D eigenvalue weighted by molar-refractivity contribution is 0.672. The van der Waals surface area contributed by atoms with Crippen LogP contribution in [0, 0.1) is 0 Å². The number of para-hydroxylation sites is 1. The SMILES string of the molecule is CCCN(c1cccc(Cl)c1N)C(C)C. The predicted octanol–water partition coefficient (Wildman–Crippen LogP) is 3.55. The molecule has 1 aromatic rings. The highest BCUT2D eigenvalue weighted by atomic mass is 35.5. The van der Waals surface area contributed by atoms with Gasteiger partial charge in [0.1, 0.15) is 0 Å². The minimum atomic E-state index is 0.436. The maximum Gasteiger partial charge on any atom is 0.0741 e. The van der Waals surface area contributed by atoms with Gasteiger partial charge >= 0.3 is 0 Å². The third-order valence-electron chi connectivity index (χ3n) is 2.43. The Morgan fingerprint density at radius 3 is 2.60 bits per heavy atom. The van der Waals surface area contributed by atoms with Gasteiger partial charge < -0.3 is 10.6 Å². The largest absolute Gasteiger partial charge is 0.396 e. The molecule has 2 nitrogen and oxygen atoms in total. The van der Waals surface area contributed by atoms with Gasteiger partial charge in [-0.25, -0.2) is 0 Å². The Hall–Kier alpha value is -0.890. The average Bonchev–Trinajstić information content (AvgIpc) is 2.19. The van der Waals surface area contributed by atoms with Crippen LogP contribution in [0.15, 0.2) is 18.2 Å². The first-order valence-electron chi connectivity index (χ1n) is 5.38. The van der Waals surface area contributed by atoms with Crippen LogP contribution >= 0.6 is 11.6 Å². The molecule has 0 heterocycles. The third kappa shape index (κ3) is 2.78. The van der Waals surface area contributed by atoms with Crippen molar-refractivity contribution in [2.45, 2.75) is 33.2 Å². The quantitative estimate of drug-likeness (QED) is 0.796. The normalized spacial score (nSPS) is 10.7. The molecule has 0 aromatic heterocycles. The molecule has 2 N–H and O–H groups in total. The van der Waals surface area contributed by atoms with Crippen LogP contribution in [0.5, 0.6) is 0 Å². The van der Waals surface area contributed by atoms with Gasteiger partial charge in [0.2, 0.25) is 0 Å². The Balaban J connectivity index is 3.05. The van der Waals surface area contributed by atoms with Crippen molar-refractivity contribution >= 4 is 23.0 Å². The molecule has 0 saturated heterocycles. The predicted molar refractivity (Wildman–Crippen MR) is 68.6 cm³/mol. The van der Waals surface area contributed by atoms with Crippen LogP contribution in [0.1, 0.15) is 27.2 Å². The minimum Gasteiger partial charge on any atom is -0.396 e. The lowest BCUT2D eigenvalue weighted by Crippen LogP contribution is -2.32. The number of nitrogens with zero attached hydrogens (tertiary/aromatic N) is 1. The molecule has 0 aliphatic heterocycles. The molecule has 0 saturated carbocycles. The second-order valence-corrected chi connectivity index (χ2v) is 4.37. The van der Waals surface area contributed by atoms with Crippen LogP contribution in [0.2, 0.25) is 5.02 Å². The highest BCUT2D eigenvalue weighted by Crippen LogP contribution is 2.31. The zero-order valence-corrected chi connectivity index (χ0v) is 10.4. The number of nitrogens with two attached hydrogens (primary N) is 1. The number of hydrogen-bond acceptors (Lipinski definition) is 2. The Kier molecular flexibility index (Phi) is 4.28. The fourth-order valence-corrected chi connectivity index (χ4v) is 1.84. The van der Waals surface area contributed by atoms with E-state index in [1.54, 1.807) is 0 Å². The number of nitrogen functional groups attached to an aromatic ring is 1. The first-order valence-corrected chi connectivity index (χ1v) is 5.76. The van der Waals surface area contributed by atoms with Crippen molar-refractivity contribution in [3.8, 4) is 0 Å². The van der Waals surface area contributed by atoms with Gasteiger partial charge in [0.25, 0.3) is 0 Å². The summed E-state index contributed by atoms with van der Waals surface area (Å²) in [6.07, 6.45) is 1.10. The van der Waals surface area contributed by atoms with Crippen molar-refractivity contribution in [3.63, 3.8) is 0 Å². The number of halogens is 1. The molecule has 0 aliphatic rings. The third-order valence-corrected chi connectivity index (χ3v) is 2.76. The monoisotopic (exact) mass is 226 g/mol. The highest BCUT2D eigenvalue weighted by molar-refractivity contribution is 6.33. The first kappa shape index (κ1) is 12.2. The van der Waals surface area contributed by atoms with Crippen molar-refractivity contribution in [3.05, 3.63) is 23.2 Å². The Morgan fingerprint density at radius 2 is 2.07 bits per heavy atom. The van der Waals surface area contributed by atoms with Crippen LogP contribution in [0.3, 0.4) is 0 Å². The summed E-state index contributed by atoms with van der Waals surface area (Å²) in [6, 6.07) is 6.23. The Morgan fingerprint density at radius 1 is 1.40 bits per heavy atom. The molecule has 1 rings (SSSR count). The van der Waals surface area contributed by atoms with Gasteiger partial charge in [-0.1, -0.05) is 24.6 Å². The molecule has 0 spiro atoms. The van der Waals surface area contributed by atoms with E-state index in [0.29, 0.717) is 16.8 Å². The number of hydrogen-bond donors (Lipinski definition) is 1. The van der Waals surface area contributed by atoms with E-state index in [-0.39, 0.29) is 0 Å². The van der Waals surface area contributed by atoms with Crippen molar-refractivity contribution in [2.75, 3.05) is 17.2 Å². The van der Waals surface area contributed by atoms with Crippen LogP contribution < -0.4 is 10.6 Å². The van der Waals surface area contributed by atoms with E-state index in [9.17, 15) is 0 Å². The van der Waals surface area contributed by atoms with E-state index < -0.39 is 0 Å². The molecule has 0 fully saturated rings. The van der Waals surface area contributed by atoms with Gasteiger partial charge in [-0.3, -0.25) is 0 Å². The summed E-state index contributed by atoms with van der Waals surface area (Å²) in [5, 5.41) is 0.634. The molecule has 3 heteroatoms. The molecule has 0 bridgehead atoms. The number of benzene rings is 1. The molecule has 0 radical (unpaired) electrons. The fraction of sp³-hybridized carbons (Fsp3) is 0.500. The van der Waals surface area contributed by atoms with E-state index in [4.69, 9.17) is 17.3 Å². The highest BCUT2D eigenvalue weighted by Gasteiger charge is 2.13. The van der Waals surface area contributed by atoms with E-state index >= 15 is 0 Å². The standard InChI is InChI=1S/C12H19ClN2/c1-4-8-15(9(2)3)11-7-5-6-10(13)12(11)14/h5-7,9H,4,8,14H2,1-3H3. The molecule has 0 aliphatic carbocycles. The summed E-state index contributed by atoms with van der Waals surface area (Å²) in [6.45, 7) is 7.49. The molecule has 15 heavy (non-hydrogen) atoms. The lowest BCUT2D eigenvalue weighted by Gasteiger charge is -2.30. The molecule has 0 amide bonds. The van der Waals surface area contributed by atoms with Gasteiger partial charge in [-0.15, -0.1) is 0 Å². The van der Waals surface area contributed by atoms with Gasteiger partial charge in [0.05, 0.1) is 16.4 Å². The van der Waals surface area contributed by atoms with E-state index in [1.165, 1.54) is 0 Å². The summed E-state index contributed by atoms with van der Waals surface area (Å²) in [4.78, 5) is 2.28. The summed E-state index contributed by atoms with van der Waals surface area (Å²) in [5.74, 6) is 0. The van der Waals surface area contributed by atoms with Crippen LogP contribution in [-0.2, 0) is 0 Å². The molecular formula is C12H19ClN2. The van der Waals surface area contributed by atoms with E-state index in [0.717, 1.165) is 18.7 Å². The molecule has 1 aromatic carbocycles. The zero-order chi connectivity index (χ0) is 11.4. The van der Waals surface area contributed by atoms with E-state index in [1.807, 2.05) is 18.2 Å². The first-order chi connectivity index (χ1) is 7.07. The summed E-state index contributed by atoms with van der Waals surface area (Å²) >= 11 is 6.01. The van der Waals surface area contributed by atoms with Gasteiger partial charge in [0.15, 0.2) is 0 Å². The van der Waals surface area contributed by atoms with Crippen LogP contribution in [0.25, 0.3) is 0 Å². The number of anilines is 2. The molecular weight excluding hydrogens is 208 g/mol. The van der Waals surface area contributed by atoms with Crippen molar-refractivity contribution in [2.24, 2.45) is 0 Å². The van der Waals surface area contributed by atoms with Gasteiger partial charge in [0, 0.05) is 12.6 Å². The fourth-order valence-electron chi connectivity index (χ4n) is 1.67. The zero-order valence-electron chi connectivity index (χ0n) is 9.63. The van der Waals surface area contributed by atoms with Gasteiger partial charge in [-0.2, -0.15) is 0 Å². The average molecular weight is 227 g/mol. The van der Waals surface area contributed by atoms with Crippen molar-refractivity contribution in [1.29, 1.82) is 0 Å². The molecule has 84 valence electrons. The topological polar surface area (TPSA) is 29.3 Å². The van der Waals surface area contributed by atoms with Crippen molar-refractivity contribution in [1.82, 2.24) is 0 Å². The second-order valence-electron chi connectivity index (χ2n) is 3.96.